The second kappa shape index (κ2) is 8.37. The number of carbonyl (C=O) groups excluding carboxylic acids is 1. The highest BCUT2D eigenvalue weighted by atomic mass is 32.2. The fraction of sp³-hybridized carbons (Fsp3) is 0.381. The maximum Gasteiger partial charge on any atom is 0.234 e. The largest absolute Gasteiger partial charge is 0.325 e. The monoisotopic (exact) mass is 365 g/mol. The summed E-state index contributed by atoms with van der Waals surface area (Å²) in [6, 6.07) is 10.1. The minimum absolute atomic E-state index is 0.0793. The summed E-state index contributed by atoms with van der Waals surface area (Å²) in [6.07, 6.45) is 5.46. The number of pyridine rings is 1. The topological polar surface area (TPSA) is 65.8 Å². The number of nitrogens with one attached hydrogen (secondary N) is 1. The molecule has 0 saturated carbocycles. The number of thioether (sulfide) groups is 1. The molecule has 0 aliphatic heterocycles. The van der Waals surface area contributed by atoms with Crippen LogP contribution in [-0.4, -0.2) is 16.6 Å². The molecule has 1 aliphatic carbocycles. The van der Waals surface area contributed by atoms with Crippen LogP contribution in [-0.2, 0) is 17.6 Å². The highest BCUT2D eigenvalue weighted by Crippen LogP contribution is 2.27. The molecule has 1 aromatic carbocycles. The molecule has 0 atom stereocenters. The van der Waals surface area contributed by atoms with Gasteiger partial charge in [-0.15, -0.1) is 0 Å². The van der Waals surface area contributed by atoms with Gasteiger partial charge in [0.2, 0.25) is 5.91 Å². The zero-order chi connectivity index (χ0) is 18.5. The number of hydrogen-bond acceptors (Lipinski definition) is 4. The predicted octanol–water partition coefficient (Wildman–Crippen LogP) is 4.57. The van der Waals surface area contributed by atoms with E-state index in [-0.39, 0.29) is 11.7 Å². The van der Waals surface area contributed by atoms with Crippen LogP contribution in [0.5, 0.6) is 0 Å². The van der Waals surface area contributed by atoms with Crippen molar-refractivity contribution in [2.45, 2.75) is 51.0 Å². The minimum Gasteiger partial charge on any atom is -0.325 e. The van der Waals surface area contributed by atoms with Gasteiger partial charge in [-0.3, -0.25) is 4.79 Å². The van der Waals surface area contributed by atoms with Crippen LogP contribution in [0.1, 0.15) is 47.2 Å². The zero-order valence-electron chi connectivity index (χ0n) is 15.3. The van der Waals surface area contributed by atoms with E-state index in [9.17, 15) is 10.1 Å². The Bertz CT molecular complexity index is 870. The van der Waals surface area contributed by atoms with Crippen LogP contribution in [0.2, 0.25) is 0 Å². The van der Waals surface area contributed by atoms with Gasteiger partial charge in [-0.05, 0) is 68.4 Å². The van der Waals surface area contributed by atoms with Crippen molar-refractivity contribution in [1.82, 2.24) is 4.98 Å². The lowest BCUT2D eigenvalue weighted by atomic mass is 10.1. The quantitative estimate of drug-likeness (QED) is 0.637. The number of rotatable bonds is 4. The Morgan fingerprint density at radius 2 is 2.08 bits per heavy atom. The molecule has 134 valence electrons. The highest BCUT2D eigenvalue weighted by Gasteiger charge is 2.16. The van der Waals surface area contributed by atoms with Crippen LogP contribution in [0.15, 0.2) is 29.3 Å². The fourth-order valence-corrected chi connectivity index (χ4v) is 3.96. The van der Waals surface area contributed by atoms with Gasteiger partial charge in [-0.2, -0.15) is 5.26 Å². The standard InChI is InChI=1S/C21H23N3OS/c1-14-7-6-10-18(15(14)2)23-20(25)13-26-21-17(12-22)11-16-8-4-3-5-9-19(16)24-21/h6-7,10-11H,3-5,8-9,13H2,1-2H3,(H,23,25). The number of benzene rings is 1. The van der Waals surface area contributed by atoms with E-state index < -0.39 is 0 Å². The van der Waals surface area contributed by atoms with E-state index in [2.05, 4.69) is 11.4 Å². The first-order valence-corrected chi connectivity index (χ1v) is 9.99. The number of amides is 1. The molecule has 0 fully saturated rings. The van der Waals surface area contributed by atoms with Crippen molar-refractivity contribution in [3.05, 3.63) is 52.2 Å². The van der Waals surface area contributed by atoms with Crippen LogP contribution in [0.25, 0.3) is 0 Å². The van der Waals surface area contributed by atoms with Crippen molar-refractivity contribution in [3.8, 4) is 6.07 Å². The maximum atomic E-state index is 12.4. The lowest BCUT2D eigenvalue weighted by Crippen LogP contribution is -2.15. The normalized spacial score (nSPS) is 13.4. The van der Waals surface area contributed by atoms with Gasteiger partial charge in [-0.1, -0.05) is 30.3 Å². The summed E-state index contributed by atoms with van der Waals surface area (Å²) in [7, 11) is 0. The van der Waals surface area contributed by atoms with E-state index in [0.29, 0.717) is 10.6 Å². The van der Waals surface area contributed by atoms with Gasteiger partial charge < -0.3 is 5.32 Å². The molecular formula is C21H23N3OS. The van der Waals surface area contributed by atoms with Crippen LogP contribution in [0.3, 0.4) is 0 Å². The molecule has 0 radical (unpaired) electrons. The molecule has 2 aromatic rings. The Kier molecular flexibility index (Phi) is 5.95. The number of nitriles is 1. The van der Waals surface area contributed by atoms with Crippen molar-refractivity contribution in [3.63, 3.8) is 0 Å². The summed E-state index contributed by atoms with van der Waals surface area (Å²) in [6.45, 7) is 4.03. The Morgan fingerprint density at radius 3 is 2.88 bits per heavy atom. The molecule has 3 rings (SSSR count). The SMILES string of the molecule is Cc1cccc(NC(=O)CSc2nc3c(cc2C#N)CCCCC3)c1C. The molecule has 1 N–H and O–H groups in total. The second-order valence-electron chi connectivity index (χ2n) is 6.70. The predicted molar refractivity (Wildman–Crippen MR) is 105 cm³/mol. The van der Waals surface area contributed by atoms with Gasteiger partial charge in [0.05, 0.1) is 11.3 Å². The minimum atomic E-state index is -0.0793. The van der Waals surface area contributed by atoms with Gasteiger partial charge in [0.15, 0.2) is 0 Å². The number of nitrogens with zero attached hydrogens (tertiary/aromatic N) is 2. The van der Waals surface area contributed by atoms with Gasteiger partial charge in [0, 0.05) is 11.4 Å². The second-order valence-corrected chi connectivity index (χ2v) is 7.67. The Hall–Kier alpha value is -2.32. The molecular weight excluding hydrogens is 342 g/mol. The van der Waals surface area contributed by atoms with E-state index in [1.54, 1.807) is 0 Å². The van der Waals surface area contributed by atoms with Crippen molar-refractivity contribution < 1.29 is 4.79 Å². The number of fused-ring (bicyclic) bond motifs is 1. The number of aryl methyl sites for hydroxylation is 3. The number of aromatic nitrogens is 1. The fourth-order valence-electron chi connectivity index (χ4n) is 3.19. The molecule has 4 nitrogen and oxygen atoms in total. The van der Waals surface area contributed by atoms with Crippen molar-refractivity contribution in [1.29, 1.82) is 5.26 Å². The van der Waals surface area contributed by atoms with Gasteiger partial charge in [0.1, 0.15) is 11.1 Å². The van der Waals surface area contributed by atoms with Crippen molar-refractivity contribution >= 4 is 23.4 Å². The summed E-state index contributed by atoms with van der Waals surface area (Å²) in [5, 5.41) is 13.1. The molecule has 0 bridgehead atoms. The summed E-state index contributed by atoms with van der Waals surface area (Å²) in [4.78, 5) is 17.1. The number of hydrogen-bond donors (Lipinski definition) is 1. The third-order valence-corrected chi connectivity index (χ3v) is 5.85. The lowest BCUT2D eigenvalue weighted by Gasteiger charge is -2.12. The van der Waals surface area contributed by atoms with Gasteiger partial charge >= 0.3 is 0 Å². The molecule has 0 spiro atoms. The zero-order valence-corrected chi connectivity index (χ0v) is 16.1. The molecule has 0 saturated heterocycles. The summed E-state index contributed by atoms with van der Waals surface area (Å²) < 4.78 is 0. The van der Waals surface area contributed by atoms with E-state index in [0.717, 1.165) is 48.2 Å². The third kappa shape index (κ3) is 4.25. The molecule has 5 heteroatoms. The molecule has 26 heavy (non-hydrogen) atoms. The van der Waals surface area contributed by atoms with Crippen LogP contribution < -0.4 is 5.32 Å². The van der Waals surface area contributed by atoms with Crippen LogP contribution in [0, 0.1) is 25.2 Å². The molecule has 1 aromatic heterocycles. The average molecular weight is 366 g/mol. The molecule has 1 aliphatic rings. The van der Waals surface area contributed by atoms with E-state index in [1.165, 1.54) is 23.7 Å². The van der Waals surface area contributed by atoms with Gasteiger partial charge in [0.25, 0.3) is 0 Å². The van der Waals surface area contributed by atoms with Crippen LogP contribution >= 0.6 is 11.8 Å². The smallest absolute Gasteiger partial charge is 0.234 e. The van der Waals surface area contributed by atoms with Gasteiger partial charge in [-0.25, -0.2) is 4.98 Å². The molecule has 1 heterocycles. The van der Waals surface area contributed by atoms with E-state index in [1.807, 2.05) is 38.1 Å². The third-order valence-electron chi connectivity index (χ3n) is 4.85. The average Bonchev–Trinajstić information content (AvgIpc) is 2.87. The van der Waals surface area contributed by atoms with Crippen molar-refractivity contribution in [2.75, 3.05) is 11.1 Å². The lowest BCUT2D eigenvalue weighted by molar-refractivity contribution is -0.113. The van der Waals surface area contributed by atoms with Crippen LogP contribution in [0.4, 0.5) is 5.69 Å². The summed E-state index contributed by atoms with van der Waals surface area (Å²) in [5.74, 6) is 0.165. The Morgan fingerprint density at radius 1 is 1.27 bits per heavy atom. The first kappa shape index (κ1) is 18.5. The first-order chi connectivity index (χ1) is 12.6. The van der Waals surface area contributed by atoms with E-state index >= 15 is 0 Å². The summed E-state index contributed by atoms with van der Waals surface area (Å²) in [5.41, 5.74) is 5.93. The Labute approximate surface area is 159 Å². The number of anilines is 1. The number of carbonyl (C=O) groups is 1. The maximum absolute atomic E-state index is 12.4. The Balaban J connectivity index is 1.71. The molecule has 0 unspecified atom stereocenters. The van der Waals surface area contributed by atoms with E-state index in [4.69, 9.17) is 4.98 Å². The molecule has 1 amide bonds. The van der Waals surface area contributed by atoms with Crippen molar-refractivity contribution in [2.24, 2.45) is 0 Å². The summed E-state index contributed by atoms with van der Waals surface area (Å²) >= 11 is 1.34. The highest BCUT2D eigenvalue weighted by molar-refractivity contribution is 8.00. The first-order valence-electron chi connectivity index (χ1n) is 9.00.